The lowest BCUT2D eigenvalue weighted by molar-refractivity contribution is 0.0718. The van der Waals surface area contributed by atoms with Crippen molar-refractivity contribution in [3.8, 4) is 0 Å². The third-order valence-corrected chi connectivity index (χ3v) is 3.47. The SMILES string of the molecule is Cc1ncc(Br)cc1NC(=O)N1CCCOC(C)C1. The van der Waals surface area contributed by atoms with Gasteiger partial charge in [-0.15, -0.1) is 0 Å². The predicted molar refractivity (Wildman–Crippen MR) is 77.3 cm³/mol. The molecule has 2 rings (SSSR count). The number of rotatable bonds is 1. The van der Waals surface area contributed by atoms with E-state index in [9.17, 15) is 4.79 Å². The highest BCUT2D eigenvalue weighted by molar-refractivity contribution is 9.10. The van der Waals surface area contributed by atoms with Crippen LogP contribution in [0.2, 0.25) is 0 Å². The van der Waals surface area contributed by atoms with E-state index >= 15 is 0 Å². The van der Waals surface area contributed by atoms with Crippen LogP contribution in [-0.4, -0.2) is 41.7 Å². The van der Waals surface area contributed by atoms with Gasteiger partial charge in [-0.25, -0.2) is 4.79 Å². The van der Waals surface area contributed by atoms with Crippen LogP contribution in [0.1, 0.15) is 19.0 Å². The first kappa shape index (κ1) is 14.3. The Bertz CT molecular complexity index is 467. The maximum Gasteiger partial charge on any atom is 0.321 e. The normalized spacial score (nSPS) is 19.9. The number of carbonyl (C=O) groups is 1. The topological polar surface area (TPSA) is 54.5 Å². The van der Waals surface area contributed by atoms with Gasteiger partial charge in [-0.2, -0.15) is 0 Å². The Morgan fingerprint density at radius 3 is 3.21 bits per heavy atom. The van der Waals surface area contributed by atoms with E-state index in [-0.39, 0.29) is 12.1 Å². The molecular weight excluding hydrogens is 310 g/mol. The quantitative estimate of drug-likeness (QED) is 0.862. The molecule has 2 heterocycles. The molecule has 0 spiro atoms. The Morgan fingerprint density at radius 2 is 2.42 bits per heavy atom. The number of hydrogen-bond acceptors (Lipinski definition) is 3. The maximum absolute atomic E-state index is 12.2. The zero-order valence-electron chi connectivity index (χ0n) is 11.1. The number of aryl methyl sites for hydroxylation is 1. The van der Waals surface area contributed by atoms with Crippen molar-refractivity contribution in [2.75, 3.05) is 25.0 Å². The molecule has 5 nitrogen and oxygen atoms in total. The van der Waals surface area contributed by atoms with Gasteiger partial charge in [0.05, 0.1) is 17.5 Å². The number of pyridine rings is 1. The Hall–Kier alpha value is -1.14. The number of carbonyl (C=O) groups excluding carboxylic acids is 1. The smallest absolute Gasteiger partial charge is 0.321 e. The Kier molecular flexibility index (Phi) is 4.76. The lowest BCUT2D eigenvalue weighted by atomic mass is 10.3. The minimum atomic E-state index is -0.0969. The molecule has 1 unspecified atom stereocenters. The van der Waals surface area contributed by atoms with Crippen molar-refractivity contribution < 1.29 is 9.53 Å². The van der Waals surface area contributed by atoms with Crippen LogP contribution >= 0.6 is 15.9 Å². The standard InChI is InChI=1S/C13H18BrN3O2/c1-9-8-17(4-3-5-19-9)13(18)16-12-6-11(14)7-15-10(12)2/h6-7,9H,3-5,8H2,1-2H3,(H,16,18). The number of ether oxygens (including phenoxy) is 1. The molecule has 1 N–H and O–H groups in total. The first-order chi connectivity index (χ1) is 9.06. The van der Waals surface area contributed by atoms with Crippen molar-refractivity contribution in [1.82, 2.24) is 9.88 Å². The highest BCUT2D eigenvalue weighted by Gasteiger charge is 2.20. The molecule has 19 heavy (non-hydrogen) atoms. The Labute approximate surface area is 121 Å². The zero-order chi connectivity index (χ0) is 13.8. The average Bonchev–Trinajstić information content (AvgIpc) is 2.58. The summed E-state index contributed by atoms with van der Waals surface area (Å²) in [6.07, 6.45) is 2.66. The molecule has 1 aromatic heterocycles. The van der Waals surface area contributed by atoms with Crippen molar-refractivity contribution in [3.05, 3.63) is 22.4 Å². The number of nitrogens with zero attached hydrogens (tertiary/aromatic N) is 2. The molecule has 0 radical (unpaired) electrons. The molecule has 1 aliphatic rings. The van der Waals surface area contributed by atoms with Gasteiger partial charge in [0.25, 0.3) is 0 Å². The summed E-state index contributed by atoms with van der Waals surface area (Å²) in [5, 5.41) is 2.91. The minimum Gasteiger partial charge on any atom is -0.377 e. The number of halogens is 1. The van der Waals surface area contributed by atoms with Gasteiger partial charge in [-0.1, -0.05) is 0 Å². The van der Waals surface area contributed by atoms with Gasteiger partial charge in [0.15, 0.2) is 0 Å². The lowest BCUT2D eigenvalue weighted by Crippen LogP contribution is -2.39. The summed E-state index contributed by atoms with van der Waals surface area (Å²) < 4.78 is 6.38. The van der Waals surface area contributed by atoms with E-state index in [0.717, 1.165) is 28.8 Å². The van der Waals surface area contributed by atoms with Crippen LogP contribution < -0.4 is 5.32 Å². The Balaban J connectivity index is 2.05. The van der Waals surface area contributed by atoms with Crippen LogP contribution in [-0.2, 0) is 4.74 Å². The van der Waals surface area contributed by atoms with Crippen LogP contribution in [0.15, 0.2) is 16.7 Å². The second-order valence-corrected chi connectivity index (χ2v) is 5.61. The van der Waals surface area contributed by atoms with Gasteiger partial charge in [0.1, 0.15) is 0 Å². The van der Waals surface area contributed by atoms with E-state index in [2.05, 4.69) is 26.2 Å². The van der Waals surface area contributed by atoms with Crippen LogP contribution in [0.3, 0.4) is 0 Å². The molecule has 0 bridgehead atoms. The van der Waals surface area contributed by atoms with Crippen LogP contribution in [0, 0.1) is 6.92 Å². The fourth-order valence-electron chi connectivity index (χ4n) is 2.01. The number of urea groups is 1. The van der Waals surface area contributed by atoms with Gasteiger partial charge in [0.2, 0.25) is 0 Å². The number of hydrogen-bond donors (Lipinski definition) is 1. The van der Waals surface area contributed by atoms with Crippen molar-refractivity contribution in [2.45, 2.75) is 26.4 Å². The third-order valence-electron chi connectivity index (χ3n) is 3.03. The molecule has 2 amide bonds. The first-order valence-corrected chi connectivity index (χ1v) is 7.15. The molecule has 1 atom stereocenters. The summed E-state index contributed by atoms with van der Waals surface area (Å²) in [5.41, 5.74) is 1.54. The number of nitrogens with one attached hydrogen (secondary N) is 1. The van der Waals surface area contributed by atoms with E-state index in [1.807, 2.05) is 19.9 Å². The van der Waals surface area contributed by atoms with Crippen LogP contribution in [0.4, 0.5) is 10.5 Å². The van der Waals surface area contributed by atoms with Crippen molar-refractivity contribution in [2.24, 2.45) is 0 Å². The van der Waals surface area contributed by atoms with E-state index in [1.54, 1.807) is 11.1 Å². The minimum absolute atomic E-state index is 0.0787. The molecule has 6 heteroatoms. The monoisotopic (exact) mass is 327 g/mol. The lowest BCUT2D eigenvalue weighted by Gasteiger charge is -2.22. The molecule has 1 fully saturated rings. The van der Waals surface area contributed by atoms with Gasteiger partial charge in [0, 0.05) is 30.4 Å². The first-order valence-electron chi connectivity index (χ1n) is 6.36. The number of aromatic nitrogens is 1. The zero-order valence-corrected chi connectivity index (χ0v) is 12.7. The highest BCUT2D eigenvalue weighted by Crippen LogP contribution is 2.19. The summed E-state index contributed by atoms with van der Waals surface area (Å²) in [6, 6.07) is 1.76. The van der Waals surface area contributed by atoms with Gasteiger partial charge in [-0.3, -0.25) is 4.98 Å². The molecule has 1 aromatic rings. The van der Waals surface area contributed by atoms with Crippen molar-refractivity contribution >= 4 is 27.6 Å². The molecule has 1 saturated heterocycles. The largest absolute Gasteiger partial charge is 0.377 e. The number of anilines is 1. The van der Waals surface area contributed by atoms with Crippen molar-refractivity contribution in [3.63, 3.8) is 0 Å². The van der Waals surface area contributed by atoms with E-state index in [4.69, 9.17) is 4.74 Å². The van der Waals surface area contributed by atoms with Gasteiger partial charge in [-0.05, 0) is 42.3 Å². The van der Waals surface area contributed by atoms with E-state index < -0.39 is 0 Å². The molecule has 0 aliphatic carbocycles. The van der Waals surface area contributed by atoms with E-state index in [1.165, 1.54) is 0 Å². The molecule has 0 aromatic carbocycles. The third kappa shape index (κ3) is 3.91. The Morgan fingerprint density at radius 1 is 1.63 bits per heavy atom. The second kappa shape index (κ2) is 6.34. The second-order valence-electron chi connectivity index (χ2n) is 4.70. The molecule has 0 saturated carbocycles. The summed E-state index contributed by atoms with van der Waals surface area (Å²) in [4.78, 5) is 18.2. The fraction of sp³-hybridized carbons (Fsp3) is 0.538. The molecule has 1 aliphatic heterocycles. The average molecular weight is 328 g/mol. The summed E-state index contributed by atoms with van der Waals surface area (Å²) in [7, 11) is 0. The maximum atomic E-state index is 12.2. The molecular formula is C13H18BrN3O2. The van der Waals surface area contributed by atoms with Gasteiger partial charge >= 0.3 is 6.03 Å². The van der Waals surface area contributed by atoms with Crippen LogP contribution in [0.5, 0.6) is 0 Å². The number of amides is 2. The summed E-state index contributed by atoms with van der Waals surface area (Å²) >= 11 is 3.36. The summed E-state index contributed by atoms with van der Waals surface area (Å²) in [6.45, 7) is 5.90. The molecule has 104 valence electrons. The van der Waals surface area contributed by atoms with Gasteiger partial charge < -0.3 is 15.0 Å². The summed E-state index contributed by atoms with van der Waals surface area (Å²) in [5.74, 6) is 0. The van der Waals surface area contributed by atoms with Crippen molar-refractivity contribution in [1.29, 1.82) is 0 Å². The van der Waals surface area contributed by atoms with Crippen LogP contribution in [0.25, 0.3) is 0 Å². The predicted octanol–water partition coefficient (Wildman–Crippen LogP) is 2.80. The fourth-order valence-corrected chi connectivity index (χ4v) is 2.34. The van der Waals surface area contributed by atoms with E-state index in [0.29, 0.717) is 13.2 Å². The highest BCUT2D eigenvalue weighted by atomic mass is 79.9.